The highest BCUT2D eigenvalue weighted by Crippen LogP contribution is 2.31. The Morgan fingerprint density at radius 1 is 1.28 bits per heavy atom. The van der Waals surface area contributed by atoms with Gasteiger partial charge in [-0.2, -0.15) is 0 Å². The molecule has 18 heavy (non-hydrogen) atoms. The monoisotopic (exact) mass is 269 g/mol. The van der Waals surface area contributed by atoms with Gasteiger partial charge in [-0.25, -0.2) is 4.79 Å². The van der Waals surface area contributed by atoms with E-state index in [1.54, 1.807) is 12.1 Å². The van der Waals surface area contributed by atoms with E-state index in [0.717, 1.165) is 31.6 Å². The van der Waals surface area contributed by atoms with Crippen LogP contribution in [-0.2, 0) is 4.79 Å². The van der Waals surface area contributed by atoms with Gasteiger partial charge in [0, 0.05) is 29.4 Å². The molecule has 2 N–H and O–H groups in total. The maximum Gasteiger partial charge on any atom is 0.337 e. The average molecular weight is 270 g/mol. The molecule has 2 rings (SSSR count). The second-order valence-electron chi connectivity index (χ2n) is 4.49. The minimum Gasteiger partial charge on any atom is -0.479 e. The summed E-state index contributed by atoms with van der Waals surface area (Å²) in [5, 5.41) is 19.1. The molecule has 0 aliphatic carbocycles. The summed E-state index contributed by atoms with van der Waals surface area (Å²) in [6.07, 6.45) is 1.85. The quantitative estimate of drug-likeness (QED) is 0.885. The predicted octanol–water partition coefficient (Wildman–Crippen LogP) is 2.45. The van der Waals surface area contributed by atoms with Crippen molar-refractivity contribution in [2.75, 3.05) is 18.0 Å². The van der Waals surface area contributed by atoms with E-state index in [1.807, 2.05) is 0 Å². The molecule has 1 aliphatic heterocycles. The molecule has 5 heteroatoms. The number of halogens is 1. The number of carbonyl (C=O) groups is 1. The van der Waals surface area contributed by atoms with Gasteiger partial charge in [0.05, 0.1) is 0 Å². The van der Waals surface area contributed by atoms with Crippen LogP contribution in [0.3, 0.4) is 0 Å². The average Bonchev–Trinajstić information content (AvgIpc) is 2.38. The lowest BCUT2D eigenvalue weighted by Crippen LogP contribution is -2.31. The molecule has 1 aromatic carbocycles. The van der Waals surface area contributed by atoms with Crippen molar-refractivity contribution in [3.05, 3.63) is 28.8 Å². The minimum atomic E-state index is -1.53. The smallest absolute Gasteiger partial charge is 0.337 e. The Morgan fingerprint density at radius 2 is 1.94 bits per heavy atom. The maximum absolute atomic E-state index is 10.9. The number of benzene rings is 1. The normalized spacial score (nSPS) is 17.6. The van der Waals surface area contributed by atoms with Gasteiger partial charge in [-0.3, -0.25) is 0 Å². The summed E-state index contributed by atoms with van der Waals surface area (Å²) in [5.74, 6) is -1.25. The van der Waals surface area contributed by atoms with Crippen molar-refractivity contribution in [2.45, 2.75) is 25.4 Å². The molecule has 0 spiro atoms. The van der Waals surface area contributed by atoms with Crippen molar-refractivity contribution in [1.82, 2.24) is 0 Å². The lowest BCUT2D eigenvalue weighted by atomic mass is 10.0. The van der Waals surface area contributed by atoms with Crippen LogP contribution in [0.2, 0.25) is 5.02 Å². The van der Waals surface area contributed by atoms with Crippen molar-refractivity contribution in [3.8, 4) is 0 Å². The summed E-state index contributed by atoms with van der Waals surface area (Å²) in [6, 6.07) is 5.04. The lowest BCUT2D eigenvalue weighted by Gasteiger charge is -2.31. The Balaban J connectivity index is 2.36. The largest absolute Gasteiger partial charge is 0.479 e. The van der Waals surface area contributed by atoms with Crippen LogP contribution in [-0.4, -0.2) is 29.3 Å². The molecular weight excluding hydrogens is 254 g/mol. The van der Waals surface area contributed by atoms with Crippen LogP contribution in [0.25, 0.3) is 0 Å². The summed E-state index contributed by atoms with van der Waals surface area (Å²) in [4.78, 5) is 13.0. The third-order valence-electron chi connectivity index (χ3n) is 3.21. The van der Waals surface area contributed by atoms with Gasteiger partial charge < -0.3 is 15.1 Å². The van der Waals surface area contributed by atoms with Crippen molar-refractivity contribution in [1.29, 1.82) is 0 Å². The summed E-state index contributed by atoms with van der Waals surface area (Å²) < 4.78 is 0. The second kappa shape index (κ2) is 5.59. The van der Waals surface area contributed by atoms with E-state index < -0.39 is 12.1 Å². The molecule has 0 radical (unpaired) electrons. The zero-order valence-electron chi connectivity index (χ0n) is 9.97. The fraction of sp³-hybridized carbons (Fsp3) is 0.462. The topological polar surface area (TPSA) is 60.8 Å². The summed E-state index contributed by atoms with van der Waals surface area (Å²) in [5.41, 5.74) is 1.14. The second-order valence-corrected chi connectivity index (χ2v) is 4.93. The first-order valence-electron chi connectivity index (χ1n) is 6.05. The number of hydrogen-bond acceptors (Lipinski definition) is 3. The zero-order valence-corrected chi connectivity index (χ0v) is 10.7. The molecule has 1 heterocycles. The van der Waals surface area contributed by atoms with Crippen molar-refractivity contribution < 1.29 is 15.0 Å². The molecule has 1 atom stereocenters. The maximum atomic E-state index is 10.9. The summed E-state index contributed by atoms with van der Waals surface area (Å²) in [7, 11) is 0. The van der Waals surface area contributed by atoms with Crippen LogP contribution in [0, 0.1) is 0 Å². The fourth-order valence-electron chi connectivity index (χ4n) is 2.30. The van der Waals surface area contributed by atoms with Crippen molar-refractivity contribution >= 4 is 23.3 Å². The molecule has 0 bridgehead atoms. The van der Waals surface area contributed by atoms with Gasteiger partial charge in [-0.05, 0) is 37.5 Å². The van der Waals surface area contributed by atoms with E-state index in [-0.39, 0.29) is 0 Å². The first kappa shape index (κ1) is 13.2. The Kier molecular flexibility index (Phi) is 4.09. The highest BCUT2D eigenvalue weighted by molar-refractivity contribution is 6.30. The van der Waals surface area contributed by atoms with Crippen LogP contribution in [0.5, 0.6) is 0 Å². The number of anilines is 1. The third kappa shape index (κ3) is 2.76. The standard InChI is InChI=1S/C13H16ClNO3/c14-9-4-5-11(15-6-2-1-3-7-15)10(8-9)12(16)13(17)18/h4-5,8,12,16H,1-3,6-7H2,(H,17,18). The first-order valence-corrected chi connectivity index (χ1v) is 6.42. The SMILES string of the molecule is O=C(O)C(O)c1cc(Cl)ccc1N1CCCCC1. The Labute approximate surface area is 111 Å². The van der Waals surface area contributed by atoms with E-state index in [2.05, 4.69) is 4.90 Å². The highest BCUT2D eigenvalue weighted by Gasteiger charge is 2.23. The molecule has 1 fully saturated rings. The Hall–Kier alpha value is -1.26. The number of aliphatic hydroxyl groups is 1. The number of carboxylic acid groups (broad SMARTS) is 1. The number of carboxylic acids is 1. The lowest BCUT2D eigenvalue weighted by molar-refractivity contribution is -0.146. The Bertz CT molecular complexity index is 444. The molecule has 1 unspecified atom stereocenters. The van der Waals surface area contributed by atoms with Gasteiger partial charge in [-0.1, -0.05) is 11.6 Å². The highest BCUT2D eigenvalue weighted by atomic mass is 35.5. The number of rotatable bonds is 3. The molecule has 1 aliphatic rings. The molecule has 1 aromatic rings. The fourth-order valence-corrected chi connectivity index (χ4v) is 2.48. The van der Waals surface area contributed by atoms with Crippen molar-refractivity contribution in [3.63, 3.8) is 0 Å². The molecule has 0 saturated carbocycles. The molecule has 0 aromatic heterocycles. The van der Waals surface area contributed by atoms with Crippen molar-refractivity contribution in [2.24, 2.45) is 0 Å². The van der Waals surface area contributed by atoms with Crippen LogP contribution in [0.1, 0.15) is 30.9 Å². The first-order chi connectivity index (χ1) is 8.59. The number of piperidine rings is 1. The molecular formula is C13H16ClNO3. The van der Waals surface area contributed by atoms with Crippen LogP contribution in [0.15, 0.2) is 18.2 Å². The molecule has 98 valence electrons. The van der Waals surface area contributed by atoms with Gasteiger partial charge in [0.2, 0.25) is 0 Å². The van der Waals surface area contributed by atoms with E-state index in [0.29, 0.717) is 10.6 Å². The van der Waals surface area contributed by atoms with E-state index in [1.165, 1.54) is 12.5 Å². The van der Waals surface area contributed by atoms with E-state index in [9.17, 15) is 9.90 Å². The molecule has 0 amide bonds. The van der Waals surface area contributed by atoms with Gasteiger partial charge in [-0.15, -0.1) is 0 Å². The van der Waals surface area contributed by atoms with Gasteiger partial charge in [0.15, 0.2) is 6.10 Å². The number of hydrogen-bond donors (Lipinski definition) is 2. The Morgan fingerprint density at radius 3 is 2.56 bits per heavy atom. The molecule has 4 nitrogen and oxygen atoms in total. The zero-order chi connectivity index (χ0) is 13.1. The number of aliphatic carboxylic acids is 1. The molecule has 1 saturated heterocycles. The number of nitrogens with zero attached hydrogens (tertiary/aromatic N) is 1. The third-order valence-corrected chi connectivity index (χ3v) is 3.45. The minimum absolute atomic E-state index is 0.372. The van der Waals surface area contributed by atoms with Crippen LogP contribution in [0.4, 0.5) is 5.69 Å². The van der Waals surface area contributed by atoms with Gasteiger partial charge in [0.1, 0.15) is 0 Å². The van der Waals surface area contributed by atoms with Crippen LogP contribution < -0.4 is 4.90 Å². The summed E-state index contributed by atoms with van der Waals surface area (Å²) in [6.45, 7) is 1.78. The predicted molar refractivity (Wildman–Crippen MR) is 70.1 cm³/mol. The van der Waals surface area contributed by atoms with Gasteiger partial charge >= 0.3 is 5.97 Å². The van der Waals surface area contributed by atoms with E-state index in [4.69, 9.17) is 16.7 Å². The number of aliphatic hydroxyl groups excluding tert-OH is 1. The van der Waals surface area contributed by atoms with Gasteiger partial charge in [0.25, 0.3) is 0 Å². The van der Waals surface area contributed by atoms with Crippen LogP contribution >= 0.6 is 11.6 Å². The summed E-state index contributed by atoms with van der Waals surface area (Å²) >= 11 is 5.88. The van der Waals surface area contributed by atoms with E-state index >= 15 is 0 Å².